The van der Waals surface area contributed by atoms with Gasteiger partial charge in [0.05, 0.1) is 10.6 Å². The van der Waals surface area contributed by atoms with Crippen molar-refractivity contribution in [1.29, 1.82) is 5.26 Å². The van der Waals surface area contributed by atoms with Crippen LogP contribution in [0.5, 0.6) is 0 Å². The summed E-state index contributed by atoms with van der Waals surface area (Å²) >= 11 is 0. The van der Waals surface area contributed by atoms with Crippen molar-refractivity contribution in [2.45, 2.75) is 44.9 Å². The molecule has 2 amide bonds. The highest BCUT2D eigenvalue weighted by Gasteiger charge is 2.35. The number of piperidine rings is 1. The zero-order valence-electron chi connectivity index (χ0n) is 23.9. The van der Waals surface area contributed by atoms with Crippen LogP contribution < -0.4 is 0 Å². The molecule has 2 aliphatic rings. The summed E-state index contributed by atoms with van der Waals surface area (Å²) in [6, 6.07) is 18.1. The molecule has 1 aromatic heterocycles. The van der Waals surface area contributed by atoms with Gasteiger partial charge in [0.15, 0.2) is 0 Å². The molecule has 3 aromatic rings. The van der Waals surface area contributed by atoms with Gasteiger partial charge in [-0.1, -0.05) is 44.2 Å². The predicted octanol–water partition coefficient (Wildman–Crippen LogP) is 4.96. The van der Waals surface area contributed by atoms with Gasteiger partial charge in [0.2, 0.25) is 10.0 Å². The molecule has 1 unspecified atom stereocenters. The van der Waals surface area contributed by atoms with Gasteiger partial charge in [0, 0.05) is 42.5 Å². The van der Waals surface area contributed by atoms with Crippen LogP contribution in [0.15, 0.2) is 82.4 Å². The fourth-order valence-corrected chi connectivity index (χ4v) is 7.10. The van der Waals surface area contributed by atoms with Gasteiger partial charge >= 0.3 is 0 Å². The number of rotatable bonds is 7. The molecule has 1 saturated heterocycles. The van der Waals surface area contributed by atoms with E-state index in [1.54, 1.807) is 52.4 Å². The molecular formula is C32H33N5O4S. The van der Waals surface area contributed by atoms with E-state index in [1.165, 1.54) is 0 Å². The third kappa shape index (κ3) is 5.45. The highest BCUT2D eigenvalue weighted by Crippen LogP contribution is 2.33. The highest BCUT2D eigenvalue weighted by atomic mass is 32.2. The van der Waals surface area contributed by atoms with Crippen LogP contribution in [-0.4, -0.2) is 58.9 Å². The van der Waals surface area contributed by atoms with Crippen LogP contribution in [0.3, 0.4) is 0 Å². The average molecular weight is 584 g/mol. The fraction of sp³-hybridized carbons (Fsp3) is 0.312. The zero-order chi connectivity index (χ0) is 30.0. The van der Waals surface area contributed by atoms with Crippen LogP contribution in [-0.2, 0) is 19.6 Å². The number of benzene rings is 2. The quantitative estimate of drug-likeness (QED) is 0.287. The van der Waals surface area contributed by atoms with Gasteiger partial charge in [-0.3, -0.25) is 14.5 Å². The largest absolute Gasteiger partial charge is 0.274 e. The van der Waals surface area contributed by atoms with Crippen LogP contribution in [0.2, 0.25) is 0 Å². The Bertz CT molecular complexity index is 1750. The Balaban J connectivity index is 1.66. The average Bonchev–Trinajstić information content (AvgIpc) is 3.42. The summed E-state index contributed by atoms with van der Waals surface area (Å²) in [7, 11) is -3.72. The van der Waals surface area contributed by atoms with E-state index in [1.807, 2.05) is 43.3 Å². The third-order valence-electron chi connectivity index (χ3n) is 7.70. The first-order valence-electron chi connectivity index (χ1n) is 14.1. The smallest absolute Gasteiger partial charge is 0.271 e. The second-order valence-corrected chi connectivity index (χ2v) is 12.7. The molecule has 0 bridgehead atoms. The van der Waals surface area contributed by atoms with E-state index in [4.69, 9.17) is 5.10 Å². The van der Waals surface area contributed by atoms with Gasteiger partial charge in [0.1, 0.15) is 17.3 Å². The summed E-state index contributed by atoms with van der Waals surface area (Å²) in [6.45, 7) is 6.67. The van der Waals surface area contributed by atoms with Crippen molar-refractivity contribution in [1.82, 2.24) is 19.0 Å². The Kier molecular flexibility index (Phi) is 8.25. The van der Waals surface area contributed by atoms with Crippen molar-refractivity contribution in [3.05, 3.63) is 83.1 Å². The molecule has 3 heterocycles. The summed E-state index contributed by atoms with van der Waals surface area (Å²) in [5, 5.41) is 14.5. The van der Waals surface area contributed by atoms with Gasteiger partial charge in [-0.2, -0.15) is 14.7 Å². The molecule has 2 aliphatic heterocycles. The lowest BCUT2D eigenvalue weighted by Gasteiger charge is -2.30. The number of imide groups is 1. The first-order valence-corrected chi connectivity index (χ1v) is 15.5. The lowest BCUT2D eigenvalue weighted by atomic mass is 9.93. The molecule has 1 atom stereocenters. The van der Waals surface area contributed by atoms with E-state index in [2.05, 4.69) is 6.92 Å². The summed E-state index contributed by atoms with van der Waals surface area (Å²) in [5.74, 6) is -0.783. The molecule has 9 nitrogen and oxygen atoms in total. The maximum atomic E-state index is 13.6. The molecule has 42 heavy (non-hydrogen) atoms. The van der Waals surface area contributed by atoms with Crippen LogP contribution in [0.4, 0.5) is 0 Å². The second-order valence-electron chi connectivity index (χ2n) is 10.8. The Hall–Kier alpha value is -4.33. The van der Waals surface area contributed by atoms with E-state index >= 15 is 0 Å². The topological polar surface area (TPSA) is 116 Å². The molecule has 0 spiro atoms. The van der Waals surface area contributed by atoms with Gasteiger partial charge in [-0.15, -0.1) is 0 Å². The van der Waals surface area contributed by atoms with E-state index in [-0.39, 0.29) is 22.6 Å². The molecular weight excluding hydrogens is 550 g/mol. The van der Waals surface area contributed by atoms with Crippen molar-refractivity contribution >= 4 is 27.9 Å². The molecule has 216 valence electrons. The number of hydrogen-bond donors (Lipinski definition) is 0. The van der Waals surface area contributed by atoms with Gasteiger partial charge in [-0.25, -0.2) is 13.1 Å². The van der Waals surface area contributed by atoms with Crippen molar-refractivity contribution in [2.75, 3.05) is 19.6 Å². The standard InChI is InChI=1S/C32H33N5O4S/c1-4-15-36-31(38)28(23(3)29(19-33)32(36)39)18-25-21-37(26-12-6-5-7-13-26)34-30(25)24-11-8-14-27(17-24)42(40,41)35-16-9-10-22(2)20-35/h5-8,11-14,17-18,21-22H,4,9-10,15-16,20H2,1-3H3/b28-18+. The number of carbonyl (C=O) groups is 2. The molecule has 1 fully saturated rings. The number of hydrogen-bond acceptors (Lipinski definition) is 6. The predicted molar refractivity (Wildman–Crippen MR) is 159 cm³/mol. The van der Waals surface area contributed by atoms with Crippen molar-refractivity contribution in [3.8, 4) is 23.0 Å². The first kappa shape index (κ1) is 29.2. The third-order valence-corrected chi connectivity index (χ3v) is 9.56. The minimum atomic E-state index is -3.72. The van der Waals surface area contributed by atoms with E-state index in [0.717, 1.165) is 23.4 Å². The van der Waals surface area contributed by atoms with Crippen LogP contribution >= 0.6 is 0 Å². The number of para-hydroxylation sites is 1. The van der Waals surface area contributed by atoms with Crippen molar-refractivity contribution < 1.29 is 18.0 Å². The molecule has 0 N–H and O–H groups in total. The molecule has 2 aromatic carbocycles. The number of amides is 2. The molecule has 10 heteroatoms. The molecule has 0 saturated carbocycles. The maximum Gasteiger partial charge on any atom is 0.271 e. The molecule has 5 rings (SSSR count). The minimum absolute atomic E-state index is 0.0739. The molecule has 0 radical (unpaired) electrons. The summed E-state index contributed by atoms with van der Waals surface area (Å²) in [5.41, 5.74) is 2.80. The fourth-order valence-electron chi connectivity index (χ4n) is 5.46. The van der Waals surface area contributed by atoms with Crippen LogP contribution in [0.25, 0.3) is 23.0 Å². The number of carbonyl (C=O) groups excluding carboxylic acids is 2. The SMILES string of the molecule is CCCN1C(=O)C(C#N)=C(C)/C(=C\c2cn(-c3ccccc3)nc2-c2cccc(S(=O)(=O)N3CCCC(C)C3)c2)C1=O. The van der Waals surface area contributed by atoms with E-state index in [9.17, 15) is 23.3 Å². The van der Waals surface area contributed by atoms with E-state index in [0.29, 0.717) is 47.8 Å². The highest BCUT2D eigenvalue weighted by molar-refractivity contribution is 7.89. The normalized spacial score (nSPS) is 19.4. The van der Waals surface area contributed by atoms with Gasteiger partial charge < -0.3 is 0 Å². The van der Waals surface area contributed by atoms with Crippen molar-refractivity contribution in [3.63, 3.8) is 0 Å². The van der Waals surface area contributed by atoms with Crippen LogP contribution in [0.1, 0.15) is 45.6 Å². The lowest BCUT2D eigenvalue weighted by molar-refractivity contribution is -0.140. The Morgan fingerprint density at radius 3 is 2.55 bits per heavy atom. The lowest BCUT2D eigenvalue weighted by Crippen LogP contribution is -2.43. The maximum absolute atomic E-state index is 13.6. The van der Waals surface area contributed by atoms with Gasteiger partial charge in [-0.05, 0) is 68.0 Å². The number of nitrogens with zero attached hydrogens (tertiary/aromatic N) is 5. The monoisotopic (exact) mass is 583 g/mol. The first-order chi connectivity index (χ1) is 20.1. The zero-order valence-corrected chi connectivity index (χ0v) is 24.8. The molecule has 0 aliphatic carbocycles. The summed E-state index contributed by atoms with van der Waals surface area (Å²) in [4.78, 5) is 27.6. The number of nitriles is 1. The Morgan fingerprint density at radius 1 is 1.10 bits per heavy atom. The number of aromatic nitrogens is 2. The van der Waals surface area contributed by atoms with Crippen molar-refractivity contribution in [2.24, 2.45) is 5.92 Å². The second kappa shape index (κ2) is 11.9. The van der Waals surface area contributed by atoms with E-state index < -0.39 is 21.8 Å². The minimum Gasteiger partial charge on any atom is -0.274 e. The summed E-state index contributed by atoms with van der Waals surface area (Å²) in [6.07, 6.45) is 5.78. The number of sulfonamides is 1. The Labute approximate surface area is 246 Å². The van der Waals surface area contributed by atoms with Gasteiger partial charge in [0.25, 0.3) is 11.8 Å². The summed E-state index contributed by atoms with van der Waals surface area (Å²) < 4.78 is 30.4. The van der Waals surface area contributed by atoms with Crippen LogP contribution in [0, 0.1) is 17.2 Å². The Morgan fingerprint density at radius 2 is 1.86 bits per heavy atom.